The van der Waals surface area contributed by atoms with Gasteiger partial charge in [0.25, 0.3) is 0 Å². The molecule has 0 spiro atoms. The molecule has 3 nitrogen and oxygen atoms in total. The number of benzene rings is 2. The molecule has 0 unspecified atom stereocenters. The molecule has 0 bridgehead atoms. The van der Waals surface area contributed by atoms with Crippen LogP contribution < -0.4 is 5.32 Å². The van der Waals surface area contributed by atoms with E-state index in [0.29, 0.717) is 24.8 Å². The van der Waals surface area contributed by atoms with Gasteiger partial charge >= 0.3 is 0 Å². The van der Waals surface area contributed by atoms with Gasteiger partial charge in [-0.3, -0.25) is 0 Å². The lowest BCUT2D eigenvalue weighted by Gasteiger charge is -2.17. The third-order valence-electron chi connectivity index (χ3n) is 3.45. The average molecular weight is 320 g/mol. The maximum atomic E-state index is 9.96. The summed E-state index contributed by atoms with van der Waals surface area (Å²) in [6, 6.07) is 17.9. The van der Waals surface area contributed by atoms with Crippen molar-refractivity contribution in [2.45, 2.75) is 25.7 Å². The second kappa shape index (κ2) is 8.91. The Morgan fingerprint density at radius 1 is 1.09 bits per heavy atom. The molecule has 0 aliphatic rings. The Morgan fingerprint density at radius 3 is 2.45 bits per heavy atom. The average Bonchev–Trinajstić information content (AvgIpc) is 2.55. The van der Waals surface area contributed by atoms with Gasteiger partial charge in [0.1, 0.15) is 0 Å². The summed E-state index contributed by atoms with van der Waals surface area (Å²) in [6.07, 6.45) is -0.529. The molecule has 0 aliphatic heterocycles. The predicted molar refractivity (Wildman–Crippen MR) is 90.0 cm³/mol. The first kappa shape index (κ1) is 17.0. The number of hydrogen-bond donors (Lipinski definition) is 2. The van der Waals surface area contributed by atoms with E-state index in [0.717, 1.165) is 5.56 Å². The summed E-state index contributed by atoms with van der Waals surface area (Å²) in [6.45, 7) is 3.35. The Kier molecular flexibility index (Phi) is 6.87. The van der Waals surface area contributed by atoms with E-state index in [-0.39, 0.29) is 6.04 Å². The van der Waals surface area contributed by atoms with Gasteiger partial charge in [0.05, 0.1) is 19.3 Å². The highest BCUT2D eigenvalue weighted by atomic mass is 35.5. The van der Waals surface area contributed by atoms with Crippen molar-refractivity contribution >= 4 is 11.6 Å². The molecule has 0 radical (unpaired) electrons. The van der Waals surface area contributed by atoms with Crippen molar-refractivity contribution < 1.29 is 9.84 Å². The summed E-state index contributed by atoms with van der Waals surface area (Å²) in [5, 5.41) is 14.0. The number of rotatable bonds is 8. The monoisotopic (exact) mass is 319 g/mol. The van der Waals surface area contributed by atoms with Crippen LogP contribution in [0.25, 0.3) is 0 Å². The number of aliphatic hydroxyl groups excluding tert-OH is 1. The molecule has 0 aromatic heterocycles. The first-order chi connectivity index (χ1) is 10.6. The Hall–Kier alpha value is -1.39. The predicted octanol–water partition coefficient (Wildman–Crippen LogP) is 3.57. The van der Waals surface area contributed by atoms with Gasteiger partial charge in [-0.15, -0.1) is 0 Å². The summed E-state index contributed by atoms with van der Waals surface area (Å²) in [5.74, 6) is 0. The smallest absolute Gasteiger partial charge is 0.0898 e. The maximum Gasteiger partial charge on any atom is 0.0898 e. The van der Waals surface area contributed by atoms with Crippen LogP contribution in [-0.4, -0.2) is 24.4 Å². The van der Waals surface area contributed by atoms with Crippen molar-refractivity contribution in [3.8, 4) is 0 Å². The third kappa shape index (κ3) is 5.78. The van der Waals surface area contributed by atoms with Crippen molar-refractivity contribution in [2.75, 3.05) is 13.2 Å². The Labute approximate surface area is 136 Å². The Bertz CT molecular complexity index is 545. The molecule has 2 atom stereocenters. The van der Waals surface area contributed by atoms with Crippen molar-refractivity contribution in [3.05, 3.63) is 70.7 Å². The zero-order chi connectivity index (χ0) is 15.8. The van der Waals surface area contributed by atoms with Crippen LogP contribution in [0.1, 0.15) is 24.1 Å². The van der Waals surface area contributed by atoms with E-state index in [1.54, 1.807) is 0 Å². The molecule has 2 N–H and O–H groups in total. The fraction of sp³-hybridized carbons (Fsp3) is 0.333. The SMILES string of the molecule is C[C@H](NC[C@@H](O)COCc1ccc(Cl)cc1)c1ccccc1. The molecule has 2 rings (SSSR count). The molecule has 0 fully saturated rings. The molecule has 0 heterocycles. The molecule has 0 amide bonds. The minimum Gasteiger partial charge on any atom is -0.389 e. The number of hydrogen-bond acceptors (Lipinski definition) is 3. The Morgan fingerprint density at radius 2 is 1.77 bits per heavy atom. The number of ether oxygens (including phenoxy) is 1. The molecule has 0 aliphatic carbocycles. The normalized spacial score (nSPS) is 13.8. The summed E-state index contributed by atoms with van der Waals surface area (Å²) < 4.78 is 5.53. The Balaban J connectivity index is 1.65. The molecule has 2 aromatic carbocycles. The largest absolute Gasteiger partial charge is 0.389 e. The van der Waals surface area contributed by atoms with Crippen molar-refractivity contribution in [3.63, 3.8) is 0 Å². The van der Waals surface area contributed by atoms with Gasteiger partial charge in [0.2, 0.25) is 0 Å². The highest BCUT2D eigenvalue weighted by molar-refractivity contribution is 6.30. The molecular weight excluding hydrogens is 298 g/mol. The molecule has 0 saturated heterocycles. The van der Waals surface area contributed by atoms with Gasteiger partial charge in [0.15, 0.2) is 0 Å². The van der Waals surface area contributed by atoms with Crippen LogP contribution in [0, 0.1) is 0 Å². The lowest BCUT2D eigenvalue weighted by molar-refractivity contribution is 0.0278. The highest BCUT2D eigenvalue weighted by Gasteiger charge is 2.08. The summed E-state index contributed by atoms with van der Waals surface area (Å²) in [4.78, 5) is 0. The molecule has 4 heteroatoms. The first-order valence-electron chi connectivity index (χ1n) is 7.43. The van der Waals surface area contributed by atoms with Gasteiger partial charge in [-0.05, 0) is 30.2 Å². The summed E-state index contributed by atoms with van der Waals surface area (Å²) in [5.41, 5.74) is 2.25. The standard InChI is InChI=1S/C18H22ClNO2/c1-14(16-5-3-2-4-6-16)20-11-18(21)13-22-12-15-7-9-17(19)10-8-15/h2-10,14,18,20-21H,11-13H2,1H3/t14-,18+/m0/s1. The van der Waals surface area contributed by atoms with E-state index in [9.17, 15) is 5.11 Å². The minimum atomic E-state index is -0.529. The summed E-state index contributed by atoms with van der Waals surface area (Å²) >= 11 is 5.83. The molecule has 0 saturated carbocycles. The van der Waals surface area contributed by atoms with Crippen molar-refractivity contribution in [1.29, 1.82) is 0 Å². The van der Waals surface area contributed by atoms with Gasteiger partial charge in [0, 0.05) is 17.6 Å². The maximum absolute atomic E-state index is 9.96. The van der Waals surface area contributed by atoms with E-state index in [1.165, 1.54) is 5.56 Å². The molecule has 22 heavy (non-hydrogen) atoms. The number of nitrogens with one attached hydrogen (secondary N) is 1. The number of halogens is 1. The van der Waals surface area contributed by atoms with Crippen LogP contribution in [0.15, 0.2) is 54.6 Å². The molecule has 118 valence electrons. The lowest BCUT2D eigenvalue weighted by atomic mass is 10.1. The minimum absolute atomic E-state index is 0.201. The zero-order valence-corrected chi connectivity index (χ0v) is 13.5. The van der Waals surface area contributed by atoms with Crippen LogP contribution in [0.2, 0.25) is 5.02 Å². The topological polar surface area (TPSA) is 41.5 Å². The number of aliphatic hydroxyl groups is 1. The van der Waals surface area contributed by atoms with Crippen LogP contribution in [-0.2, 0) is 11.3 Å². The van der Waals surface area contributed by atoms with Crippen LogP contribution in [0.5, 0.6) is 0 Å². The lowest BCUT2D eigenvalue weighted by Crippen LogP contribution is -2.32. The molecule has 2 aromatic rings. The van der Waals surface area contributed by atoms with Crippen LogP contribution >= 0.6 is 11.6 Å². The van der Waals surface area contributed by atoms with Gasteiger partial charge in [-0.1, -0.05) is 54.1 Å². The van der Waals surface area contributed by atoms with Gasteiger partial charge < -0.3 is 15.2 Å². The quantitative estimate of drug-likeness (QED) is 0.781. The second-order valence-corrected chi connectivity index (χ2v) is 5.77. The second-order valence-electron chi connectivity index (χ2n) is 5.34. The van der Waals surface area contributed by atoms with E-state index in [4.69, 9.17) is 16.3 Å². The molecular formula is C18H22ClNO2. The van der Waals surface area contributed by atoms with Crippen LogP contribution in [0.4, 0.5) is 0 Å². The fourth-order valence-corrected chi connectivity index (χ4v) is 2.25. The van der Waals surface area contributed by atoms with Crippen molar-refractivity contribution in [2.24, 2.45) is 0 Å². The van der Waals surface area contributed by atoms with E-state index in [2.05, 4.69) is 24.4 Å². The first-order valence-corrected chi connectivity index (χ1v) is 7.81. The van der Waals surface area contributed by atoms with E-state index >= 15 is 0 Å². The van der Waals surface area contributed by atoms with Crippen molar-refractivity contribution in [1.82, 2.24) is 5.32 Å². The van der Waals surface area contributed by atoms with Crippen LogP contribution in [0.3, 0.4) is 0 Å². The highest BCUT2D eigenvalue weighted by Crippen LogP contribution is 2.12. The fourth-order valence-electron chi connectivity index (χ4n) is 2.12. The zero-order valence-electron chi connectivity index (χ0n) is 12.7. The van der Waals surface area contributed by atoms with Gasteiger partial charge in [-0.25, -0.2) is 0 Å². The third-order valence-corrected chi connectivity index (χ3v) is 3.70. The van der Waals surface area contributed by atoms with E-state index < -0.39 is 6.10 Å². The van der Waals surface area contributed by atoms with E-state index in [1.807, 2.05) is 42.5 Å². The summed E-state index contributed by atoms with van der Waals surface area (Å²) in [7, 11) is 0. The van der Waals surface area contributed by atoms with Gasteiger partial charge in [-0.2, -0.15) is 0 Å².